The van der Waals surface area contributed by atoms with E-state index in [1.54, 1.807) is 11.3 Å². The Bertz CT molecular complexity index is 3930. The number of furan rings is 1. The van der Waals surface area contributed by atoms with Gasteiger partial charge in [-0.15, -0.1) is 11.3 Å². The lowest BCUT2D eigenvalue weighted by molar-refractivity contribution is 0.673. The first-order valence-electron chi connectivity index (χ1n) is 23.0. The van der Waals surface area contributed by atoms with Crippen molar-refractivity contribution in [3.05, 3.63) is 243 Å². The number of nitrogens with zero attached hydrogens (tertiary/aromatic N) is 4. The lowest BCUT2D eigenvalue weighted by atomic mass is 10.1. The fraction of sp³-hybridized carbons (Fsp3) is 0. The first kappa shape index (κ1) is 38.4. The van der Waals surface area contributed by atoms with Gasteiger partial charge in [-0.3, -0.25) is 0 Å². The van der Waals surface area contributed by atoms with Gasteiger partial charge >= 0.3 is 0 Å². The van der Waals surface area contributed by atoms with Crippen LogP contribution < -0.4 is 9.80 Å². The number of benzene rings is 10. The maximum absolute atomic E-state index is 6.91. The van der Waals surface area contributed by atoms with E-state index in [2.05, 4.69) is 262 Å². The van der Waals surface area contributed by atoms with E-state index in [4.69, 9.17) is 4.42 Å². The van der Waals surface area contributed by atoms with E-state index in [0.29, 0.717) is 0 Å². The topological polar surface area (TPSA) is 29.5 Å². The highest BCUT2D eigenvalue weighted by Crippen LogP contribution is 2.47. The van der Waals surface area contributed by atoms with E-state index < -0.39 is 0 Å². The first-order chi connectivity index (χ1) is 33.7. The van der Waals surface area contributed by atoms with Crippen molar-refractivity contribution in [1.29, 1.82) is 0 Å². The van der Waals surface area contributed by atoms with Crippen LogP contribution in [-0.2, 0) is 0 Å². The van der Waals surface area contributed by atoms with Crippen molar-refractivity contribution in [1.82, 2.24) is 9.13 Å². The van der Waals surface area contributed by atoms with Gasteiger partial charge in [-0.1, -0.05) is 109 Å². The third-order valence-electron chi connectivity index (χ3n) is 13.5. The summed E-state index contributed by atoms with van der Waals surface area (Å²) in [6.07, 6.45) is 0. The Morgan fingerprint density at radius 3 is 1.25 bits per heavy atom. The summed E-state index contributed by atoms with van der Waals surface area (Å²) in [6.45, 7) is 0. The van der Waals surface area contributed by atoms with E-state index in [0.717, 1.165) is 72.1 Å². The number of fused-ring (bicyclic) bond motifs is 11. The van der Waals surface area contributed by atoms with Crippen molar-refractivity contribution in [3.8, 4) is 11.4 Å². The zero-order valence-corrected chi connectivity index (χ0v) is 37.5. The van der Waals surface area contributed by atoms with Crippen LogP contribution in [0.1, 0.15) is 0 Å². The highest BCUT2D eigenvalue weighted by molar-refractivity contribution is 7.26. The molecule has 14 rings (SSSR count). The molecule has 0 unspecified atom stereocenters. The number of anilines is 6. The fourth-order valence-corrected chi connectivity index (χ4v) is 11.7. The molecule has 4 heterocycles. The predicted octanol–water partition coefficient (Wildman–Crippen LogP) is 17.9. The normalized spacial score (nSPS) is 11.8. The minimum Gasteiger partial charge on any atom is -0.454 e. The largest absolute Gasteiger partial charge is 0.454 e. The molecule has 0 N–H and O–H groups in total. The van der Waals surface area contributed by atoms with Crippen molar-refractivity contribution in [2.24, 2.45) is 0 Å². The molecule has 0 aliphatic heterocycles. The zero-order chi connectivity index (χ0) is 44.7. The molecule has 0 aliphatic rings. The molecule has 0 atom stereocenters. The summed E-state index contributed by atoms with van der Waals surface area (Å²) in [5.74, 6) is 0. The van der Waals surface area contributed by atoms with Gasteiger partial charge in [-0.25, -0.2) is 0 Å². The minimum absolute atomic E-state index is 0.867. The lowest BCUT2D eigenvalue weighted by Gasteiger charge is -2.26. The second-order valence-corrected chi connectivity index (χ2v) is 18.4. The molecule has 0 saturated carbocycles. The van der Waals surface area contributed by atoms with E-state index in [-0.39, 0.29) is 0 Å². The molecule has 0 fully saturated rings. The molecule has 14 aromatic rings. The predicted molar refractivity (Wildman–Crippen MR) is 287 cm³/mol. The molecule has 0 amide bonds. The number of para-hydroxylation sites is 6. The van der Waals surface area contributed by atoms with Gasteiger partial charge in [0.05, 0.1) is 26.8 Å². The van der Waals surface area contributed by atoms with Crippen molar-refractivity contribution < 1.29 is 4.42 Å². The molecule has 68 heavy (non-hydrogen) atoms. The molecule has 6 heteroatoms. The van der Waals surface area contributed by atoms with Gasteiger partial charge in [0.25, 0.3) is 0 Å². The maximum atomic E-state index is 6.91. The Hall–Kier alpha value is -8.84. The van der Waals surface area contributed by atoms with Gasteiger partial charge in [0, 0.05) is 88.6 Å². The van der Waals surface area contributed by atoms with Gasteiger partial charge in [0.15, 0.2) is 5.58 Å². The van der Waals surface area contributed by atoms with Crippen molar-refractivity contribution in [3.63, 3.8) is 0 Å². The smallest absolute Gasteiger partial charge is 0.154 e. The van der Waals surface area contributed by atoms with Gasteiger partial charge in [0.1, 0.15) is 5.58 Å². The summed E-state index contributed by atoms with van der Waals surface area (Å²) >= 11 is 1.80. The molecule has 0 bridgehead atoms. The van der Waals surface area contributed by atoms with E-state index in [1.807, 2.05) is 0 Å². The molecule has 0 aliphatic carbocycles. The molecule has 320 valence electrons. The van der Waals surface area contributed by atoms with Crippen LogP contribution in [0.5, 0.6) is 0 Å². The van der Waals surface area contributed by atoms with Crippen LogP contribution in [0.15, 0.2) is 247 Å². The van der Waals surface area contributed by atoms with E-state index >= 15 is 0 Å². The van der Waals surface area contributed by atoms with Crippen LogP contribution in [0.4, 0.5) is 34.1 Å². The van der Waals surface area contributed by atoms with Crippen molar-refractivity contribution in [2.75, 3.05) is 9.80 Å². The van der Waals surface area contributed by atoms with Gasteiger partial charge in [-0.05, 0) is 127 Å². The highest BCUT2D eigenvalue weighted by Gasteiger charge is 2.22. The minimum atomic E-state index is 0.867. The van der Waals surface area contributed by atoms with Gasteiger partial charge < -0.3 is 23.4 Å². The summed E-state index contributed by atoms with van der Waals surface area (Å²) in [6, 6.07) is 87.1. The van der Waals surface area contributed by atoms with Crippen molar-refractivity contribution >= 4 is 120 Å². The SMILES string of the molecule is c1ccc(N(c2ccc3c(c2)oc2c4ccc(N(c5ccccc5)c5ccc6c(c5)c5ccccc5n6-c5ccccc5)cc4sc32)c2ccc3c(c2)c2ccccc2n3-c2ccccc2)cc1. The lowest BCUT2D eigenvalue weighted by Crippen LogP contribution is -2.09. The second-order valence-electron chi connectivity index (χ2n) is 17.3. The first-order valence-corrected chi connectivity index (χ1v) is 23.8. The summed E-state index contributed by atoms with van der Waals surface area (Å²) < 4.78 is 14.0. The van der Waals surface area contributed by atoms with Gasteiger partial charge in [0.2, 0.25) is 0 Å². The van der Waals surface area contributed by atoms with Crippen molar-refractivity contribution in [2.45, 2.75) is 0 Å². The molecule has 0 radical (unpaired) electrons. The highest BCUT2D eigenvalue weighted by atomic mass is 32.1. The summed E-state index contributed by atoms with van der Waals surface area (Å²) in [4.78, 5) is 4.71. The molecule has 0 spiro atoms. The van der Waals surface area contributed by atoms with Gasteiger partial charge in [-0.2, -0.15) is 0 Å². The van der Waals surface area contributed by atoms with Crippen LogP contribution in [0.2, 0.25) is 0 Å². The van der Waals surface area contributed by atoms with E-state index in [9.17, 15) is 0 Å². The van der Waals surface area contributed by atoms with Crippen LogP contribution in [0.3, 0.4) is 0 Å². The molecular weight excluding hydrogens is 849 g/mol. The Balaban J connectivity index is 0.875. The third kappa shape index (κ3) is 6.01. The standard InChI is InChI=1S/C62H40N4OS/c1-5-17-41(18-6-1)63(45-31-35-57-53(37-45)49-25-13-15-27-55(49)65(57)43-21-9-3-10-22-43)47-29-33-51-59(39-47)67-61-52-34-30-48(40-60(52)68-62(51)61)64(42-19-7-2-8-20-42)46-32-36-58-54(38-46)50-26-14-16-28-56(50)66(58)44-23-11-4-12-24-44/h1-40H. The van der Waals surface area contributed by atoms with Crippen LogP contribution in [0.25, 0.3) is 86.3 Å². The Labute approximate surface area is 395 Å². The zero-order valence-electron chi connectivity index (χ0n) is 36.7. The third-order valence-corrected chi connectivity index (χ3v) is 14.6. The van der Waals surface area contributed by atoms with Crippen LogP contribution in [-0.4, -0.2) is 9.13 Å². The van der Waals surface area contributed by atoms with E-state index in [1.165, 1.54) is 48.3 Å². The average molecular weight is 889 g/mol. The molecule has 5 nitrogen and oxygen atoms in total. The number of thiophene rings is 1. The number of hydrogen-bond acceptors (Lipinski definition) is 4. The number of hydrogen-bond donors (Lipinski definition) is 0. The van der Waals surface area contributed by atoms with Crippen LogP contribution in [0, 0.1) is 0 Å². The number of aromatic nitrogens is 2. The Kier molecular flexibility index (Phi) is 8.69. The Morgan fingerprint density at radius 1 is 0.309 bits per heavy atom. The Morgan fingerprint density at radius 2 is 0.721 bits per heavy atom. The molecule has 4 aromatic heterocycles. The summed E-state index contributed by atoms with van der Waals surface area (Å²) in [5.41, 5.74) is 15.3. The maximum Gasteiger partial charge on any atom is 0.154 e. The molecular formula is C62H40N4OS. The monoisotopic (exact) mass is 888 g/mol. The molecule has 0 saturated heterocycles. The quantitative estimate of drug-likeness (QED) is 0.152. The van der Waals surface area contributed by atoms with Crippen LogP contribution >= 0.6 is 11.3 Å². The molecule has 10 aromatic carbocycles. The average Bonchev–Trinajstić information content (AvgIpc) is 4.14. The summed E-state index contributed by atoms with van der Waals surface area (Å²) in [5, 5.41) is 7.09. The fourth-order valence-electron chi connectivity index (χ4n) is 10.5. The number of rotatable bonds is 8. The summed E-state index contributed by atoms with van der Waals surface area (Å²) in [7, 11) is 0. The second kappa shape index (κ2) is 15.4.